The fraction of sp³-hybridized carbons (Fsp3) is 0.357. The van der Waals surface area contributed by atoms with Crippen LogP contribution in [0.25, 0.3) is 0 Å². The zero-order valence-electron chi connectivity index (χ0n) is 11.6. The van der Waals surface area contributed by atoms with Crippen molar-refractivity contribution >= 4 is 27.6 Å². The van der Waals surface area contributed by atoms with Crippen LogP contribution in [0.1, 0.15) is 6.92 Å². The summed E-state index contributed by atoms with van der Waals surface area (Å²) in [5, 5.41) is 0. The van der Waals surface area contributed by atoms with E-state index in [1.54, 1.807) is 18.5 Å². The highest BCUT2D eigenvalue weighted by atomic mass is 79.9. The Balaban J connectivity index is 1.72. The van der Waals surface area contributed by atoms with Gasteiger partial charge in [0.25, 0.3) is 0 Å². The number of pyridine rings is 1. The van der Waals surface area contributed by atoms with E-state index >= 15 is 0 Å². The van der Waals surface area contributed by atoms with Crippen LogP contribution < -0.4 is 9.80 Å². The molecule has 2 aromatic rings. The second kappa shape index (κ2) is 5.93. The lowest BCUT2D eigenvalue weighted by Crippen LogP contribution is -2.52. The summed E-state index contributed by atoms with van der Waals surface area (Å²) in [5.41, 5.74) is 0. The summed E-state index contributed by atoms with van der Waals surface area (Å²) in [6.45, 7) is 4.61. The van der Waals surface area contributed by atoms with E-state index < -0.39 is 0 Å². The molecular formula is C14H15BrFN5. The number of rotatable bonds is 2. The molecule has 1 fully saturated rings. The SMILES string of the molecule is C[C@H]1CN(c2cnc(Br)cn2)CCN1c1ccc(F)cn1. The number of nitrogens with zero attached hydrogens (tertiary/aromatic N) is 5. The zero-order chi connectivity index (χ0) is 14.8. The van der Waals surface area contributed by atoms with E-state index in [1.165, 1.54) is 12.3 Å². The average molecular weight is 352 g/mol. The number of anilines is 2. The van der Waals surface area contributed by atoms with E-state index in [0.29, 0.717) is 0 Å². The van der Waals surface area contributed by atoms with Crippen molar-refractivity contribution in [1.82, 2.24) is 15.0 Å². The topological polar surface area (TPSA) is 45.2 Å². The first kappa shape index (κ1) is 14.2. The first-order valence-corrected chi connectivity index (χ1v) is 7.53. The van der Waals surface area contributed by atoms with E-state index in [-0.39, 0.29) is 11.9 Å². The Bertz CT molecular complexity index is 604. The third-order valence-electron chi connectivity index (χ3n) is 3.56. The second-order valence-corrected chi connectivity index (χ2v) is 5.83. The molecule has 110 valence electrons. The lowest BCUT2D eigenvalue weighted by atomic mass is 10.2. The Morgan fingerprint density at radius 3 is 2.52 bits per heavy atom. The summed E-state index contributed by atoms with van der Waals surface area (Å²) >= 11 is 3.29. The first-order valence-electron chi connectivity index (χ1n) is 6.74. The molecule has 1 aliphatic heterocycles. The van der Waals surface area contributed by atoms with Gasteiger partial charge >= 0.3 is 0 Å². The molecule has 1 saturated heterocycles. The standard InChI is InChI=1S/C14H15BrFN5/c1-10-9-20(14-8-17-12(15)7-19-14)4-5-21(10)13-3-2-11(16)6-18-13/h2-3,6-8,10H,4-5,9H2,1H3/t10-/m0/s1. The maximum Gasteiger partial charge on any atom is 0.147 e. The molecule has 0 N–H and O–H groups in total. The van der Waals surface area contributed by atoms with E-state index in [2.05, 4.69) is 47.6 Å². The van der Waals surface area contributed by atoms with Crippen molar-refractivity contribution in [1.29, 1.82) is 0 Å². The van der Waals surface area contributed by atoms with Gasteiger partial charge < -0.3 is 9.80 Å². The molecule has 7 heteroatoms. The molecule has 0 spiro atoms. The van der Waals surface area contributed by atoms with E-state index in [9.17, 15) is 4.39 Å². The Kier molecular flexibility index (Phi) is 4.01. The van der Waals surface area contributed by atoms with E-state index in [0.717, 1.165) is 35.9 Å². The lowest BCUT2D eigenvalue weighted by molar-refractivity contribution is 0.540. The molecule has 3 rings (SSSR count). The monoisotopic (exact) mass is 351 g/mol. The van der Waals surface area contributed by atoms with Gasteiger partial charge in [0.05, 0.1) is 18.6 Å². The van der Waals surface area contributed by atoms with Gasteiger partial charge in [0.1, 0.15) is 22.1 Å². The van der Waals surface area contributed by atoms with Gasteiger partial charge in [-0.3, -0.25) is 0 Å². The van der Waals surface area contributed by atoms with Crippen LogP contribution >= 0.6 is 15.9 Å². The molecular weight excluding hydrogens is 337 g/mol. The van der Waals surface area contributed by atoms with Crippen LogP contribution in [0.3, 0.4) is 0 Å². The molecule has 0 amide bonds. The quantitative estimate of drug-likeness (QED) is 0.831. The number of piperazine rings is 1. The molecule has 1 atom stereocenters. The van der Waals surface area contributed by atoms with Crippen LogP contribution in [-0.4, -0.2) is 40.6 Å². The molecule has 3 heterocycles. The highest BCUT2D eigenvalue weighted by molar-refractivity contribution is 9.10. The van der Waals surface area contributed by atoms with Gasteiger partial charge in [-0.2, -0.15) is 0 Å². The molecule has 0 saturated carbocycles. The van der Waals surface area contributed by atoms with Crippen LogP contribution in [0.4, 0.5) is 16.0 Å². The molecule has 21 heavy (non-hydrogen) atoms. The molecule has 2 aromatic heterocycles. The molecule has 0 aliphatic carbocycles. The van der Waals surface area contributed by atoms with Crippen LogP contribution in [0.15, 0.2) is 35.3 Å². The number of hydrogen-bond acceptors (Lipinski definition) is 5. The van der Waals surface area contributed by atoms with Crippen LogP contribution in [-0.2, 0) is 0 Å². The van der Waals surface area contributed by atoms with Gasteiger partial charge in [0.2, 0.25) is 0 Å². The number of halogens is 2. The van der Waals surface area contributed by atoms with Crippen molar-refractivity contribution in [3.05, 3.63) is 41.1 Å². The zero-order valence-corrected chi connectivity index (χ0v) is 13.2. The summed E-state index contributed by atoms with van der Waals surface area (Å²) in [5.74, 6) is 1.37. The van der Waals surface area contributed by atoms with Crippen molar-refractivity contribution in [3.63, 3.8) is 0 Å². The maximum absolute atomic E-state index is 13.0. The van der Waals surface area contributed by atoms with Gasteiger partial charge in [-0.1, -0.05) is 0 Å². The summed E-state index contributed by atoms with van der Waals surface area (Å²) < 4.78 is 13.7. The predicted molar refractivity (Wildman–Crippen MR) is 82.9 cm³/mol. The van der Waals surface area contributed by atoms with Crippen molar-refractivity contribution < 1.29 is 4.39 Å². The lowest BCUT2D eigenvalue weighted by Gasteiger charge is -2.40. The first-order chi connectivity index (χ1) is 10.1. The predicted octanol–water partition coefficient (Wildman–Crippen LogP) is 2.49. The number of aromatic nitrogens is 3. The molecule has 0 aromatic carbocycles. The van der Waals surface area contributed by atoms with Crippen molar-refractivity contribution in [3.8, 4) is 0 Å². The van der Waals surface area contributed by atoms with Crippen molar-refractivity contribution in [2.75, 3.05) is 29.4 Å². The average Bonchev–Trinajstić information content (AvgIpc) is 2.49. The summed E-state index contributed by atoms with van der Waals surface area (Å²) in [6, 6.07) is 3.44. The van der Waals surface area contributed by atoms with Gasteiger partial charge in [0, 0.05) is 25.7 Å². The van der Waals surface area contributed by atoms with Gasteiger partial charge in [-0.05, 0) is 35.0 Å². The molecule has 5 nitrogen and oxygen atoms in total. The van der Waals surface area contributed by atoms with Crippen LogP contribution in [0.2, 0.25) is 0 Å². The summed E-state index contributed by atoms with van der Waals surface area (Å²) in [4.78, 5) is 17.1. The highest BCUT2D eigenvalue weighted by Crippen LogP contribution is 2.21. The second-order valence-electron chi connectivity index (χ2n) is 5.02. The third kappa shape index (κ3) is 3.12. The smallest absolute Gasteiger partial charge is 0.147 e. The molecule has 0 radical (unpaired) electrons. The minimum absolute atomic E-state index is 0.266. The van der Waals surface area contributed by atoms with E-state index in [1.807, 2.05) is 0 Å². The summed E-state index contributed by atoms with van der Waals surface area (Å²) in [6.07, 6.45) is 4.73. The minimum atomic E-state index is -0.310. The van der Waals surface area contributed by atoms with Gasteiger partial charge in [-0.15, -0.1) is 0 Å². The van der Waals surface area contributed by atoms with Crippen LogP contribution in [0, 0.1) is 5.82 Å². The molecule has 0 bridgehead atoms. The Labute approximate surface area is 131 Å². The van der Waals surface area contributed by atoms with Crippen molar-refractivity contribution in [2.45, 2.75) is 13.0 Å². The maximum atomic E-state index is 13.0. The van der Waals surface area contributed by atoms with E-state index in [4.69, 9.17) is 0 Å². The van der Waals surface area contributed by atoms with Gasteiger partial charge in [-0.25, -0.2) is 19.3 Å². The fourth-order valence-electron chi connectivity index (χ4n) is 2.51. The third-order valence-corrected chi connectivity index (χ3v) is 3.97. The Morgan fingerprint density at radius 1 is 1.10 bits per heavy atom. The molecule has 0 unspecified atom stereocenters. The summed E-state index contributed by atoms with van der Waals surface area (Å²) in [7, 11) is 0. The Morgan fingerprint density at radius 2 is 1.90 bits per heavy atom. The number of hydrogen-bond donors (Lipinski definition) is 0. The fourth-order valence-corrected chi connectivity index (χ4v) is 2.72. The van der Waals surface area contributed by atoms with Crippen LogP contribution in [0.5, 0.6) is 0 Å². The van der Waals surface area contributed by atoms with Crippen molar-refractivity contribution in [2.24, 2.45) is 0 Å². The normalized spacial score (nSPS) is 18.9. The highest BCUT2D eigenvalue weighted by Gasteiger charge is 2.25. The van der Waals surface area contributed by atoms with Gasteiger partial charge in [0.15, 0.2) is 0 Å². The minimum Gasteiger partial charge on any atom is -0.352 e. The Hall–Kier alpha value is -1.76. The largest absolute Gasteiger partial charge is 0.352 e. The molecule has 1 aliphatic rings.